The molecule has 0 bridgehead atoms. The fourth-order valence-electron chi connectivity index (χ4n) is 3.03. The number of aliphatic carboxylic acids is 1. The topological polar surface area (TPSA) is 40.5 Å². The SMILES string of the molecule is CC1CCC(C(=O)O)(N2CCCC2)C1. The van der Waals surface area contributed by atoms with E-state index in [4.69, 9.17) is 0 Å². The summed E-state index contributed by atoms with van der Waals surface area (Å²) in [7, 11) is 0. The molecule has 0 aromatic heterocycles. The van der Waals surface area contributed by atoms with Crippen LogP contribution < -0.4 is 0 Å². The Morgan fingerprint density at radius 1 is 1.43 bits per heavy atom. The van der Waals surface area contributed by atoms with Crippen LogP contribution in [-0.2, 0) is 4.79 Å². The zero-order valence-electron chi connectivity index (χ0n) is 8.83. The van der Waals surface area contributed by atoms with Crippen LogP contribution in [0.25, 0.3) is 0 Å². The molecule has 1 aliphatic heterocycles. The molecule has 1 saturated carbocycles. The number of carbonyl (C=O) groups is 1. The quantitative estimate of drug-likeness (QED) is 0.733. The first-order valence-corrected chi connectivity index (χ1v) is 5.63. The Labute approximate surface area is 85.1 Å². The Morgan fingerprint density at radius 3 is 2.50 bits per heavy atom. The van der Waals surface area contributed by atoms with E-state index in [1.165, 1.54) is 12.8 Å². The third kappa shape index (κ3) is 1.44. The van der Waals surface area contributed by atoms with Crippen molar-refractivity contribution < 1.29 is 9.90 Å². The van der Waals surface area contributed by atoms with Crippen LogP contribution in [0.15, 0.2) is 0 Å². The van der Waals surface area contributed by atoms with E-state index in [9.17, 15) is 9.90 Å². The van der Waals surface area contributed by atoms with Crippen LogP contribution in [-0.4, -0.2) is 34.6 Å². The smallest absolute Gasteiger partial charge is 0.324 e. The largest absolute Gasteiger partial charge is 0.480 e. The highest BCUT2D eigenvalue weighted by atomic mass is 16.4. The van der Waals surface area contributed by atoms with Crippen LogP contribution in [0, 0.1) is 5.92 Å². The van der Waals surface area contributed by atoms with Crippen molar-refractivity contribution in [2.24, 2.45) is 5.92 Å². The van der Waals surface area contributed by atoms with E-state index in [0.29, 0.717) is 5.92 Å². The molecule has 0 aromatic rings. The summed E-state index contributed by atoms with van der Waals surface area (Å²) in [6.45, 7) is 4.14. The monoisotopic (exact) mass is 197 g/mol. The minimum absolute atomic E-state index is 0.504. The van der Waals surface area contributed by atoms with Gasteiger partial charge in [-0.05, 0) is 51.1 Å². The fourth-order valence-corrected chi connectivity index (χ4v) is 3.03. The zero-order valence-corrected chi connectivity index (χ0v) is 8.83. The van der Waals surface area contributed by atoms with Gasteiger partial charge >= 0.3 is 5.97 Å². The number of likely N-dealkylation sites (tertiary alicyclic amines) is 1. The molecule has 0 spiro atoms. The maximum Gasteiger partial charge on any atom is 0.324 e. The summed E-state index contributed by atoms with van der Waals surface area (Å²) in [6, 6.07) is 0. The van der Waals surface area contributed by atoms with Gasteiger partial charge in [0.2, 0.25) is 0 Å². The van der Waals surface area contributed by atoms with Gasteiger partial charge in [0.15, 0.2) is 0 Å². The predicted octanol–water partition coefficient (Wildman–Crippen LogP) is 1.73. The summed E-state index contributed by atoms with van der Waals surface area (Å²) in [5.74, 6) is -0.0181. The van der Waals surface area contributed by atoms with Crippen molar-refractivity contribution in [1.82, 2.24) is 4.90 Å². The van der Waals surface area contributed by atoms with Crippen LogP contribution in [0.2, 0.25) is 0 Å². The molecule has 1 N–H and O–H groups in total. The molecule has 80 valence electrons. The van der Waals surface area contributed by atoms with Gasteiger partial charge in [0.25, 0.3) is 0 Å². The van der Waals surface area contributed by atoms with Crippen molar-refractivity contribution in [3.05, 3.63) is 0 Å². The van der Waals surface area contributed by atoms with Gasteiger partial charge in [-0.3, -0.25) is 9.69 Å². The Morgan fingerprint density at radius 2 is 2.07 bits per heavy atom. The normalized spacial score (nSPS) is 39.1. The van der Waals surface area contributed by atoms with Crippen LogP contribution in [0.4, 0.5) is 0 Å². The molecule has 14 heavy (non-hydrogen) atoms. The molecule has 2 aliphatic rings. The highest BCUT2D eigenvalue weighted by Crippen LogP contribution is 2.40. The third-order valence-electron chi connectivity index (χ3n) is 3.85. The fraction of sp³-hybridized carbons (Fsp3) is 0.909. The molecule has 2 fully saturated rings. The van der Waals surface area contributed by atoms with Crippen molar-refractivity contribution >= 4 is 5.97 Å². The van der Waals surface area contributed by atoms with E-state index in [0.717, 1.165) is 32.4 Å². The summed E-state index contributed by atoms with van der Waals surface area (Å²) in [4.78, 5) is 13.6. The van der Waals surface area contributed by atoms with Gasteiger partial charge in [0.05, 0.1) is 0 Å². The van der Waals surface area contributed by atoms with Crippen molar-refractivity contribution in [3.8, 4) is 0 Å². The molecule has 1 saturated heterocycles. The van der Waals surface area contributed by atoms with Gasteiger partial charge < -0.3 is 5.11 Å². The summed E-state index contributed by atoms with van der Waals surface area (Å²) in [5.41, 5.74) is -0.504. The second-order valence-corrected chi connectivity index (χ2v) is 4.88. The second kappa shape index (κ2) is 3.54. The van der Waals surface area contributed by atoms with Crippen LogP contribution in [0.5, 0.6) is 0 Å². The lowest BCUT2D eigenvalue weighted by Crippen LogP contribution is -2.51. The average molecular weight is 197 g/mol. The van der Waals surface area contributed by atoms with E-state index in [2.05, 4.69) is 11.8 Å². The van der Waals surface area contributed by atoms with Gasteiger partial charge in [0.1, 0.15) is 5.54 Å². The second-order valence-electron chi connectivity index (χ2n) is 4.88. The van der Waals surface area contributed by atoms with Crippen molar-refractivity contribution in [1.29, 1.82) is 0 Å². The number of hydrogen-bond acceptors (Lipinski definition) is 2. The molecule has 0 aromatic carbocycles. The first kappa shape index (κ1) is 9.97. The third-order valence-corrected chi connectivity index (χ3v) is 3.85. The van der Waals surface area contributed by atoms with E-state index in [-0.39, 0.29) is 0 Å². The number of rotatable bonds is 2. The van der Waals surface area contributed by atoms with Crippen LogP contribution in [0.3, 0.4) is 0 Å². The Kier molecular flexibility index (Phi) is 2.52. The first-order chi connectivity index (χ1) is 6.65. The number of carboxylic acids is 1. The lowest BCUT2D eigenvalue weighted by molar-refractivity contribution is -0.150. The highest BCUT2D eigenvalue weighted by molar-refractivity contribution is 5.79. The van der Waals surface area contributed by atoms with Gasteiger partial charge in [-0.15, -0.1) is 0 Å². The number of nitrogens with zero attached hydrogens (tertiary/aromatic N) is 1. The van der Waals surface area contributed by atoms with E-state index < -0.39 is 11.5 Å². The molecular weight excluding hydrogens is 178 g/mol. The number of carboxylic acid groups (broad SMARTS) is 1. The van der Waals surface area contributed by atoms with Crippen LogP contribution >= 0.6 is 0 Å². The molecule has 1 heterocycles. The maximum atomic E-state index is 11.4. The van der Waals surface area contributed by atoms with E-state index in [1.807, 2.05) is 0 Å². The standard InChI is InChI=1S/C11H19NO2/c1-9-4-5-11(8-9,10(13)14)12-6-2-3-7-12/h9H,2-8H2,1H3,(H,13,14). The minimum atomic E-state index is -0.594. The van der Waals surface area contributed by atoms with Crippen molar-refractivity contribution in [3.63, 3.8) is 0 Å². The molecule has 2 unspecified atom stereocenters. The number of hydrogen-bond donors (Lipinski definition) is 1. The van der Waals surface area contributed by atoms with E-state index in [1.54, 1.807) is 0 Å². The minimum Gasteiger partial charge on any atom is -0.480 e. The molecule has 3 nitrogen and oxygen atoms in total. The molecule has 3 heteroatoms. The van der Waals surface area contributed by atoms with Gasteiger partial charge in [-0.25, -0.2) is 0 Å². The first-order valence-electron chi connectivity index (χ1n) is 5.63. The summed E-state index contributed by atoms with van der Waals surface area (Å²) in [5, 5.41) is 9.40. The Balaban J connectivity index is 2.17. The summed E-state index contributed by atoms with van der Waals surface area (Å²) >= 11 is 0. The summed E-state index contributed by atoms with van der Waals surface area (Å²) < 4.78 is 0. The highest BCUT2D eigenvalue weighted by Gasteiger charge is 2.49. The molecule has 0 radical (unpaired) electrons. The van der Waals surface area contributed by atoms with Gasteiger partial charge in [-0.1, -0.05) is 6.92 Å². The van der Waals surface area contributed by atoms with Crippen LogP contribution in [0.1, 0.15) is 39.0 Å². The van der Waals surface area contributed by atoms with Gasteiger partial charge in [0, 0.05) is 0 Å². The molecular formula is C11H19NO2. The average Bonchev–Trinajstić information content (AvgIpc) is 2.71. The lowest BCUT2D eigenvalue weighted by Gasteiger charge is -2.34. The molecule has 2 rings (SSSR count). The van der Waals surface area contributed by atoms with E-state index >= 15 is 0 Å². The molecule has 0 amide bonds. The Bertz CT molecular complexity index is 235. The van der Waals surface area contributed by atoms with Crippen molar-refractivity contribution in [2.45, 2.75) is 44.6 Å². The van der Waals surface area contributed by atoms with Gasteiger partial charge in [-0.2, -0.15) is 0 Å². The molecule has 2 atom stereocenters. The Hall–Kier alpha value is -0.570. The predicted molar refractivity (Wildman–Crippen MR) is 54.2 cm³/mol. The molecule has 1 aliphatic carbocycles. The zero-order chi connectivity index (χ0) is 10.2. The maximum absolute atomic E-state index is 11.4. The van der Waals surface area contributed by atoms with Crippen molar-refractivity contribution in [2.75, 3.05) is 13.1 Å². The lowest BCUT2D eigenvalue weighted by atomic mass is 9.94. The summed E-state index contributed by atoms with van der Waals surface area (Å²) in [6.07, 6.45) is 5.11.